The predicted octanol–water partition coefficient (Wildman–Crippen LogP) is 2.51. The van der Waals surface area contributed by atoms with Gasteiger partial charge in [0.25, 0.3) is 0 Å². The third-order valence-corrected chi connectivity index (χ3v) is 4.63. The van der Waals surface area contributed by atoms with E-state index in [1.165, 1.54) is 32.1 Å². The fraction of sp³-hybridized carbons (Fsp3) is 1.00. The molecule has 2 rings (SSSR count). The first-order chi connectivity index (χ1) is 8.17. The molecular formula is C14H26O3. The van der Waals surface area contributed by atoms with E-state index in [1.54, 1.807) is 7.11 Å². The molecule has 2 aliphatic rings. The minimum absolute atomic E-state index is 0.0706. The molecule has 0 aromatic carbocycles. The lowest BCUT2D eigenvalue weighted by molar-refractivity contribution is -0.146. The summed E-state index contributed by atoms with van der Waals surface area (Å²) in [5.74, 6) is 0.344. The lowest BCUT2D eigenvalue weighted by Gasteiger charge is -2.45. The quantitative estimate of drug-likeness (QED) is 0.826. The summed E-state index contributed by atoms with van der Waals surface area (Å²) in [6.07, 6.45) is 7.83. The van der Waals surface area contributed by atoms with Crippen LogP contribution in [0.25, 0.3) is 0 Å². The van der Waals surface area contributed by atoms with Crippen molar-refractivity contribution < 1.29 is 14.6 Å². The Morgan fingerprint density at radius 2 is 2.00 bits per heavy atom. The van der Waals surface area contributed by atoms with Gasteiger partial charge >= 0.3 is 0 Å². The number of methoxy groups -OCH3 is 1. The van der Waals surface area contributed by atoms with Crippen LogP contribution >= 0.6 is 0 Å². The zero-order valence-electron chi connectivity index (χ0n) is 11.2. The second-order valence-electron chi connectivity index (χ2n) is 5.78. The zero-order chi connectivity index (χ0) is 12.3. The third-order valence-electron chi connectivity index (χ3n) is 4.63. The normalized spacial score (nSPS) is 32.3. The van der Waals surface area contributed by atoms with Crippen LogP contribution in [-0.2, 0) is 9.47 Å². The standard InChI is InChI=1S/C14H26O3/c1-11(16-2)13(15)12-6-9-17-14(10-12)7-4-3-5-8-14/h11-13,15H,3-10H2,1-2H3. The van der Waals surface area contributed by atoms with Crippen molar-refractivity contribution in [3.05, 3.63) is 0 Å². The van der Waals surface area contributed by atoms with Gasteiger partial charge in [-0.25, -0.2) is 0 Å². The number of ether oxygens (including phenoxy) is 2. The summed E-state index contributed by atoms with van der Waals surface area (Å²) in [4.78, 5) is 0. The van der Waals surface area contributed by atoms with Gasteiger partial charge in [-0.05, 0) is 38.5 Å². The van der Waals surface area contributed by atoms with Crippen LogP contribution in [0.5, 0.6) is 0 Å². The largest absolute Gasteiger partial charge is 0.390 e. The summed E-state index contributed by atoms with van der Waals surface area (Å²) in [6, 6.07) is 0. The Hall–Kier alpha value is -0.120. The van der Waals surface area contributed by atoms with E-state index < -0.39 is 0 Å². The predicted molar refractivity (Wildman–Crippen MR) is 67.0 cm³/mol. The third kappa shape index (κ3) is 3.01. The first-order valence-electron chi connectivity index (χ1n) is 7.02. The van der Waals surface area contributed by atoms with Crippen molar-refractivity contribution in [3.63, 3.8) is 0 Å². The molecule has 0 aromatic rings. The van der Waals surface area contributed by atoms with Crippen molar-refractivity contribution in [2.75, 3.05) is 13.7 Å². The van der Waals surface area contributed by atoms with Crippen LogP contribution in [0.2, 0.25) is 0 Å². The molecule has 1 aliphatic heterocycles. The van der Waals surface area contributed by atoms with E-state index in [0.717, 1.165) is 19.4 Å². The van der Waals surface area contributed by atoms with Crippen LogP contribution in [0.3, 0.4) is 0 Å². The molecule has 0 bridgehead atoms. The molecule has 1 N–H and O–H groups in total. The second kappa shape index (κ2) is 5.68. The molecule has 3 unspecified atom stereocenters. The second-order valence-corrected chi connectivity index (χ2v) is 5.78. The molecule has 0 radical (unpaired) electrons. The average Bonchev–Trinajstić information content (AvgIpc) is 2.38. The van der Waals surface area contributed by atoms with Crippen molar-refractivity contribution in [2.45, 2.75) is 69.7 Å². The molecular weight excluding hydrogens is 216 g/mol. The Kier molecular flexibility index (Phi) is 4.45. The van der Waals surface area contributed by atoms with Gasteiger partial charge in [-0.3, -0.25) is 0 Å². The highest BCUT2D eigenvalue weighted by atomic mass is 16.5. The van der Waals surface area contributed by atoms with Crippen molar-refractivity contribution in [1.29, 1.82) is 0 Å². The minimum atomic E-state index is -0.345. The van der Waals surface area contributed by atoms with Crippen LogP contribution in [0.15, 0.2) is 0 Å². The van der Waals surface area contributed by atoms with Crippen LogP contribution in [-0.4, -0.2) is 36.6 Å². The number of hydrogen-bond acceptors (Lipinski definition) is 3. The molecule has 1 saturated heterocycles. The number of hydrogen-bond donors (Lipinski definition) is 1. The van der Waals surface area contributed by atoms with Crippen LogP contribution in [0.4, 0.5) is 0 Å². The van der Waals surface area contributed by atoms with Crippen LogP contribution in [0.1, 0.15) is 51.9 Å². The van der Waals surface area contributed by atoms with E-state index in [-0.39, 0.29) is 17.8 Å². The molecule has 2 fully saturated rings. The molecule has 0 aromatic heterocycles. The zero-order valence-corrected chi connectivity index (χ0v) is 11.2. The van der Waals surface area contributed by atoms with Gasteiger partial charge in [-0.2, -0.15) is 0 Å². The minimum Gasteiger partial charge on any atom is -0.390 e. The van der Waals surface area contributed by atoms with Gasteiger partial charge in [0.05, 0.1) is 17.8 Å². The average molecular weight is 242 g/mol. The van der Waals surface area contributed by atoms with Crippen molar-refractivity contribution in [3.8, 4) is 0 Å². The van der Waals surface area contributed by atoms with Crippen LogP contribution < -0.4 is 0 Å². The van der Waals surface area contributed by atoms with E-state index in [0.29, 0.717) is 5.92 Å². The van der Waals surface area contributed by atoms with Crippen molar-refractivity contribution in [2.24, 2.45) is 5.92 Å². The lowest BCUT2D eigenvalue weighted by Crippen LogP contribution is -2.46. The highest BCUT2D eigenvalue weighted by Gasteiger charge is 2.41. The highest BCUT2D eigenvalue weighted by Crippen LogP contribution is 2.41. The summed E-state index contributed by atoms with van der Waals surface area (Å²) in [6.45, 7) is 2.76. The van der Waals surface area contributed by atoms with Gasteiger partial charge < -0.3 is 14.6 Å². The van der Waals surface area contributed by atoms with Gasteiger partial charge in [-0.15, -0.1) is 0 Å². The summed E-state index contributed by atoms with van der Waals surface area (Å²) in [5, 5.41) is 10.3. The summed E-state index contributed by atoms with van der Waals surface area (Å²) >= 11 is 0. The molecule has 1 aliphatic carbocycles. The summed E-state index contributed by atoms with van der Waals surface area (Å²) in [7, 11) is 1.67. The molecule has 1 heterocycles. The lowest BCUT2D eigenvalue weighted by atomic mass is 9.74. The van der Waals surface area contributed by atoms with E-state index in [9.17, 15) is 5.11 Å². The molecule has 3 atom stereocenters. The molecule has 1 spiro atoms. The van der Waals surface area contributed by atoms with Crippen molar-refractivity contribution >= 4 is 0 Å². The van der Waals surface area contributed by atoms with Gasteiger partial charge in [0.2, 0.25) is 0 Å². The molecule has 17 heavy (non-hydrogen) atoms. The Bertz CT molecular complexity index is 230. The Morgan fingerprint density at radius 3 is 2.65 bits per heavy atom. The number of rotatable bonds is 3. The van der Waals surface area contributed by atoms with E-state index in [4.69, 9.17) is 9.47 Å². The molecule has 100 valence electrons. The van der Waals surface area contributed by atoms with E-state index in [2.05, 4.69) is 0 Å². The molecule has 1 saturated carbocycles. The Labute approximate surface area is 104 Å². The summed E-state index contributed by atoms with van der Waals surface area (Å²) < 4.78 is 11.3. The number of aliphatic hydroxyl groups is 1. The monoisotopic (exact) mass is 242 g/mol. The topological polar surface area (TPSA) is 38.7 Å². The maximum absolute atomic E-state index is 10.3. The smallest absolute Gasteiger partial charge is 0.0828 e. The van der Waals surface area contributed by atoms with Gasteiger partial charge in [-0.1, -0.05) is 19.3 Å². The fourth-order valence-electron chi connectivity index (χ4n) is 3.42. The highest BCUT2D eigenvalue weighted by molar-refractivity contribution is 4.92. The van der Waals surface area contributed by atoms with Gasteiger partial charge in [0.1, 0.15) is 0 Å². The van der Waals surface area contributed by atoms with Crippen molar-refractivity contribution in [1.82, 2.24) is 0 Å². The fourth-order valence-corrected chi connectivity index (χ4v) is 3.42. The number of aliphatic hydroxyl groups excluding tert-OH is 1. The Morgan fingerprint density at radius 1 is 1.29 bits per heavy atom. The molecule has 0 amide bonds. The molecule has 3 nitrogen and oxygen atoms in total. The Balaban J connectivity index is 1.96. The first-order valence-corrected chi connectivity index (χ1v) is 7.02. The maximum atomic E-state index is 10.3. The van der Waals surface area contributed by atoms with E-state index >= 15 is 0 Å². The first kappa shape index (κ1) is 13.3. The SMILES string of the molecule is COC(C)C(O)C1CCOC2(CCCCC2)C1. The molecule has 3 heteroatoms. The van der Waals surface area contributed by atoms with Gasteiger partial charge in [0, 0.05) is 13.7 Å². The van der Waals surface area contributed by atoms with E-state index in [1.807, 2.05) is 6.92 Å². The van der Waals surface area contributed by atoms with Crippen LogP contribution in [0, 0.1) is 5.92 Å². The van der Waals surface area contributed by atoms with Gasteiger partial charge in [0.15, 0.2) is 0 Å². The summed E-state index contributed by atoms with van der Waals surface area (Å²) in [5.41, 5.74) is 0.0790. The maximum Gasteiger partial charge on any atom is 0.0828 e.